The molecular weight excluding hydrogens is 486 g/mol. The van der Waals surface area contributed by atoms with Crippen LogP contribution in [0.4, 0.5) is 5.69 Å². The van der Waals surface area contributed by atoms with Crippen molar-refractivity contribution >= 4 is 45.2 Å². The van der Waals surface area contributed by atoms with Crippen LogP contribution in [-0.2, 0) is 4.79 Å². The van der Waals surface area contributed by atoms with Gasteiger partial charge in [-0.15, -0.1) is 0 Å². The van der Waals surface area contributed by atoms with Gasteiger partial charge in [0, 0.05) is 50.5 Å². The van der Waals surface area contributed by atoms with Crippen LogP contribution >= 0.6 is 11.8 Å². The van der Waals surface area contributed by atoms with E-state index >= 15 is 0 Å². The summed E-state index contributed by atoms with van der Waals surface area (Å²) in [6.07, 6.45) is 3.01. The number of rotatable bonds is 0. The van der Waals surface area contributed by atoms with Crippen LogP contribution in [-0.4, -0.2) is 38.9 Å². The molecule has 6 atom stereocenters. The van der Waals surface area contributed by atoms with Crippen LogP contribution in [0.1, 0.15) is 57.6 Å². The molecule has 3 aromatic carbocycles. The fraction of sp³-hybridized carbons (Fsp3) is 0.267. The second-order valence-electron chi connectivity index (χ2n) is 11.1. The summed E-state index contributed by atoms with van der Waals surface area (Å²) in [7, 11) is 0. The molecule has 37 heavy (non-hydrogen) atoms. The van der Waals surface area contributed by atoms with E-state index in [-0.39, 0.29) is 34.5 Å². The van der Waals surface area contributed by atoms with Gasteiger partial charge in [-0.2, -0.15) is 0 Å². The number of aliphatic hydroxyl groups excluding tert-OH is 2. The SMILES string of the molecule is CC1=CC(=O)[C@H]2c3c(O)ccc4c3[C@H]3[C@@H]1[C@@H]2CN3c1ccc2c3c(c5c(c-4c13)C=C[C@@H](O)[C@@H]5O)SC2=O. The van der Waals surface area contributed by atoms with Crippen molar-refractivity contribution in [2.24, 2.45) is 11.8 Å². The molecule has 0 aromatic heterocycles. The number of phenols is 1. The third kappa shape index (κ3) is 2.14. The minimum atomic E-state index is -1.16. The van der Waals surface area contributed by atoms with Crippen LogP contribution in [0.3, 0.4) is 0 Å². The molecule has 182 valence electrons. The van der Waals surface area contributed by atoms with Gasteiger partial charge in [-0.3, -0.25) is 9.59 Å². The maximum atomic E-state index is 13.4. The summed E-state index contributed by atoms with van der Waals surface area (Å²) in [5.41, 5.74) is 7.62. The normalized spacial score (nSPS) is 31.1. The summed E-state index contributed by atoms with van der Waals surface area (Å²) >= 11 is 1.13. The second kappa shape index (κ2) is 6.35. The number of hydrogen-bond acceptors (Lipinski definition) is 7. The number of fused-ring (bicyclic) bond motifs is 6. The highest BCUT2D eigenvalue weighted by Crippen LogP contribution is 2.66. The number of benzene rings is 3. The topological polar surface area (TPSA) is 98.1 Å². The van der Waals surface area contributed by atoms with Gasteiger partial charge >= 0.3 is 0 Å². The first kappa shape index (κ1) is 20.6. The van der Waals surface area contributed by atoms with Crippen molar-refractivity contribution in [3.05, 3.63) is 69.8 Å². The van der Waals surface area contributed by atoms with Crippen molar-refractivity contribution in [3.63, 3.8) is 0 Å². The number of anilines is 1. The molecule has 1 fully saturated rings. The van der Waals surface area contributed by atoms with Crippen LogP contribution in [0.5, 0.6) is 5.75 Å². The lowest BCUT2D eigenvalue weighted by Gasteiger charge is -2.41. The van der Waals surface area contributed by atoms with Gasteiger partial charge in [0.1, 0.15) is 18.0 Å². The highest BCUT2D eigenvalue weighted by molar-refractivity contribution is 8.14. The van der Waals surface area contributed by atoms with Crippen molar-refractivity contribution in [3.8, 4) is 16.9 Å². The average Bonchev–Trinajstić information content (AvgIpc) is 3.33. The minimum absolute atomic E-state index is 0.0459. The molecule has 3 aliphatic carbocycles. The zero-order valence-electron chi connectivity index (χ0n) is 19.7. The first-order valence-electron chi connectivity index (χ1n) is 12.6. The largest absolute Gasteiger partial charge is 0.508 e. The van der Waals surface area contributed by atoms with Gasteiger partial charge in [0.25, 0.3) is 0 Å². The summed E-state index contributed by atoms with van der Waals surface area (Å²) < 4.78 is 0. The van der Waals surface area contributed by atoms with E-state index in [4.69, 9.17) is 0 Å². The Labute approximate surface area is 215 Å². The summed E-state index contributed by atoms with van der Waals surface area (Å²) in [6, 6.07) is 7.50. The summed E-state index contributed by atoms with van der Waals surface area (Å²) in [6.45, 7) is 2.73. The Hall–Kier alpha value is -3.39. The Balaban J connectivity index is 1.52. The molecule has 4 bridgehead atoms. The quantitative estimate of drug-likeness (QED) is 0.409. The van der Waals surface area contributed by atoms with Gasteiger partial charge in [0.15, 0.2) is 5.78 Å². The van der Waals surface area contributed by atoms with Crippen LogP contribution in [0.15, 0.2) is 46.9 Å². The molecule has 1 saturated heterocycles. The maximum Gasteiger partial charge on any atom is 0.224 e. The van der Waals surface area contributed by atoms with Crippen LogP contribution in [0.25, 0.3) is 28.0 Å². The van der Waals surface area contributed by atoms with E-state index in [0.29, 0.717) is 17.7 Å². The highest BCUT2D eigenvalue weighted by Gasteiger charge is 2.58. The van der Waals surface area contributed by atoms with E-state index in [2.05, 4.69) is 4.90 Å². The molecular formula is C30H21NO5S. The molecule has 0 spiro atoms. The van der Waals surface area contributed by atoms with Crippen LogP contribution in [0.2, 0.25) is 0 Å². The number of thioether (sulfide) groups is 1. The average molecular weight is 508 g/mol. The monoisotopic (exact) mass is 507 g/mol. The van der Waals surface area contributed by atoms with Crippen LogP contribution < -0.4 is 4.90 Å². The zero-order chi connectivity index (χ0) is 25.1. The van der Waals surface area contributed by atoms with Crippen LogP contribution in [0, 0.1) is 11.8 Å². The fourth-order valence-electron chi connectivity index (χ4n) is 8.32. The van der Waals surface area contributed by atoms with Gasteiger partial charge in [0.2, 0.25) is 5.12 Å². The smallest absolute Gasteiger partial charge is 0.224 e. The number of aromatic hydroxyl groups is 1. The van der Waals surface area contributed by atoms with Crippen molar-refractivity contribution < 1.29 is 24.9 Å². The first-order valence-corrected chi connectivity index (χ1v) is 13.5. The molecule has 0 unspecified atom stereocenters. The number of nitrogens with zero attached hydrogens (tertiary/aromatic N) is 1. The highest BCUT2D eigenvalue weighted by atomic mass is 32.2. The summed E-state index contributed by atoms with van der Waals surface area (Å²) in [4.78, 5) is 29.7. The molecule has 3 N–H and O–H groups in total. The van der Waals surface area contributed by atoms with Gasteiger partial charge < -0.3 is 20.2 Å². The summed E-state index contributed by atoms with van der Waals surface area (Å²) in [5, 5.41) is 34.7. The fourth-order valence-corrected chi connectivity index (χ4v) is 9.44. The Morgan fingerprint density at radius 2 is 1.81 bits per heavy atom. The summed E-state index contributed by atoms with van der Waals surface area (Å²) in [5.74, 6) is 0.0216. The number of aliphatic hydroxyl groups is 2. The van der Waals surface area contributed by atoms with E-state index < -0.39 is 18.1 Å². The Morgan fingerprint density at radius 3 is 2.65 bits per heavy atom. The van der Waals surface area contributed by atoms with Crippen molar-refractivity contribution in [2.45, 2.75) is 36.0 Å². The standard InChI is InChI=1S/C30H21NO5S/c1-10-8-18(34)21-14-9-31-15-5-2-13-23-25(15)20(11-3-6-16(32)26(21)22(11)27(31)19(10)14)12-4-7-17(33)28(35)24(12)29(23)37-30(13)36/h2-8,14,17,19,21,27-28,32-33,35H,9H2,1H3/t14-,17+,19-,21-,27+,28-/m0/s1. The van der Waals surface area contributed by atoms with E-state index in [9.17, 15) is 24.9 Å². The van der Waals surface area contributed by atoms with Gasteiger partial charge in [-0.25, -0.2) is 0 Å². The molecule has 6 nitrogen and oxygen atoms in total. The Kier molecular flexibility index (Phi) is 3.55. The first-order chi connectivity index (χ1) is 17.9. The molecule has 0 radical (unpaired) electrons. The number of carbonyl (C=O) groups is 2. The van der Waals surface area contributed by atoms with Gasteiger partial charge in [-0.1, -0.05) is 23.8 Å². The van der Waals surface area contributed by atoms with E-state index in [0.717, 1.165) is 66.5 Å². The third-order valence-electron chi connectivity index (χ3n) is 9.58. The lowest BCUT2D eigenvalue weighted by molar-refractivity contribution is -0.118. The van der Waals surface area contributed by atoms with Crippen molar-refractivity contribution in [1.29, 1.82) is 0 Å². The molecule has 9 rings (SSSR count). The third-order valence-corrected chi connectivity index (χ3v) is 10.6. The molecule has 3 heterocycles. The van der Waals surface area contributed by atoms with E-state index in [1.165, 1.54) is 0 Å². The predicted octanol–water partition coefficient (Wildman–Crippen LogP) is 4.61. The molecule has 3 aliphatic heterocycles. The molecule has 7 heteroatoms. The Morgan fingerprint density at radius 1 is 1.00 bits per heavy atom. The van der Waals surface area contributed by atoms with E-state index in [1.54, 1.807) is 18.2 Å². The van der Waals surface area contributed by atoms with E-state index in [1.807, 2.05) is 31.2 Å². The maximum absolute atomic E-state index is 13.4. The zero-order valence-corrected chi connectivity index (χ0v) is 20.5. The molecule has 3 aromatic rings. The number of ketones is 1. The number of allylic oxidation sites excluding steroid dienone is 1. The van der Waals surface area contributed by atoms with Crippen molar-refractivity contribution in [2.75, 3.05) is 11.4 Å². The lowest BCUT2D eigenvalue weighted by atomic mass is 9.61. The van der Waals surface area contributed by atoms with Crippen molar-refractivity contribution in [1.82, 2.24) is 0 Å². The van der Waals surface area contributed by atoms with Gasteiger partial charge in [0.05, 0.1) is 12.0 Å². The number of phenolic OH excluding ortho intramolecular Hbond substituents is 1. The minimum Gasteiger partial charge on any atom is -0.508 e. The predicted molar refractivity (Wildman–Crippen MR) is 140 cm³/mol. The molecule has 6 aliphatic rings. The number of hydrogen-bond donors (Lipinski definition) is 3. The number of carbonyl (C=O) groups excluding carboxylic acids is 2. The van der Waals surface area contributed by atoms with Gasteiger partial charge in [-0.05, 0) is 71.1 Å². The molecule has 0 saturated carbocycles. The molecule has 0 amide bonds. The Bertz CT molecular complexity index is 1770. The lowest BCUT2D eigenvalue weighted by Crippen LogP contribution is -2.37. The second-order valence-corrected chi connectivity index (χ2v) is 12.1.